The average Bonchev–Trinajstić information content (AvgIpc) is 3.16. The van der Waals surface area contributed by atoms with Crippen LogP contribution in [0.1, 0.15) is 0 Å². The second-order valence-electron chi connectivity index (χ2n) is 5.07. The van der Waals surface area contributed by atoms with E-state index in [-0.39, 0.29) is 28.2 Å². The number of nitrogens with one attached hydrogen (secondary N) is 1. The maximum Gasteiger partial charge on any atom is 0.296 e. The fourth-order valence-corrected chi connectivity index (χ4v) is 2.63. The average molecular weight is 387 g/mol. The smallest absolute Gasteiger partial charge is 0.296 e. The number of carbonyl (C=O) groups excluding carboxylic acids is 1. The van der Waals surface area contributed by atoms with E-state index in [1.165, 1.54) is 25.3 Å². The Morgan fingerprint density at radius 3 is 2.89 bits per heavy atom. The predicted molar refractivity (Wildman–Crippen MR) is 96.5 cm³/mol. The Labute approximate surface area is 157 Å². The normalized spacial score (nSPS) is 10.4. The predicted octanol–water partition coefficient (Wildman–Crippen LogP) is 2.78. The Morgan fingerprint density at radius 2 is 2.19 bits per heavy atom. The van der Waals surface area contributed by atoms with Crippen molar-refractivity contribution in [1.29, 1.82) is 0 Å². The summed E-state index contributed by atoms with van der Waals surface area (Å²) in [5, 5.41) is 21.5. The Hall–Kier alpha value is -3.47. The first-order chi connectivity index (χ1) is 13.1. The highest BCUT2D eigenvalue weighted by Crippen LogP contribution is 2.29. The number of rotatable bonds is 7. The van der Waals surface area contributed by atoms with E-state index >= 15 is 0 Å². The number of methoxy groups -OCH3 is 1. The number of amides is 1. The molecule has 11 heteroatoms. The third-order valence-corrected chi connectivity index (χ3v) is 4.11. The molecule has 0 saturated carbocycles. The van der Waals surface area contributed by atoms with Crippen molar-refractivity contribution in [1.82, 2.24) is 15.2 Å². The molecule has 2 heterocycles. The molecular formula is C16H13N5O5S. The van der Waals surface area contributed by atoms with Crippen molar-refractivity contribution in [3.05, 3.63) is 52.7 Å². The van der Waals surface area contributed by atoms with Crippen LogP contribution in [-0.2, 0) is 4.79 Å². The molecule has 0 aliphatic rings. The number of thioether (sulfide) groups is 1. The van der Waals surface area contributed by atoms with Crippen molar-refractivity contribution in [3.8, 4) is 17.3 Å². The minimum absolute atomic E-state index is 0.0625. The number of carbonyl (C=O) groups is 1. The van der Waals surface area contributed by atoms with Gasteiger partial charge < -0.3 is 14.5 Å². The summed E-state index contributed by atoms with van der Waals surface area (Å²) >= 11 is 1.01. The van der Waals surface area contributed by atoms with Gasteiger partial charge >= 0.3 is 0 Å². The van der Waals surface area contributed by atoms with Crippen LogP contribution in [0.25, 0.3) is 11.6 Å². The maximum atomic E-state index is 12.1. The molecular weight excluding hydrogens is 374 g/mol. The summed E-state index contributed by atoms with van der Waals surface area (Å²) in [6.07, 6.45) is 1.60. The molecule has 0 saturated heterocycles. The Bertz CT molecular complexity index is 963. The number of anilines is 1. The maximum absolute atomic E-state index is 12.1. The zero-order valence-corrected chi connectivity index (χ0v) is 14.8. The van der Waals surface area contributed by atoms with Crippen molar-refractivity contribution in [2.24, 2.45) is 0 Å². The number of nitro benzene ring substituents is 1. The molecule has 138 valence electrons. The highest BCUT2D eigenvalue weighted by atomic mass is 32.2. The topological polar surface area (TPSA) is 133 Å². The van der Waals surface area contributed by atoms with Gasteiger partial charge in [-0.3, -0.25) is 19.9 Å². The molecule has 0 bridgehead atoms. The zero-order chi connectivity index (χ0) is 19.2. The first-order valence-corrected chi connectivity index (χ1v) is 8.55. The van der Waals surface area contributed by atoms with Crippen LogP contribution in [0.15, 0.2) is 52.2 Å². The molecule has 0 unspecified atom stereocenters. The minimum atomic E-state index is -0.595. The minimum Gasteiger partial charge on any atom is -0.496 e. The SMILES string of the molecule is COc1ccc(NC(=O)CSc2nnc(-c3ccccn3)o2)c([N+](=O)[O-])c1. The monoisotopic (exact) mass is 387 g/mol. The quantitative estimate of drug-likeness (QED) is 0.369. The van der Waals surface area contributed by atoms with Gasteiger partial charge in [-0.25, -0.2) is 0 Å². The van der Waals surface area contributed by atoms with Gasteiger partial charge in [0.25, 0.3) is 16.8 Å². The van der Waals surface area contributed by atoms with Gasteiger partial charge in [0.2, 0.25) is 5.91 Å². The van der Waals surface area contributed by atoms with Crippen molar-refractivity contribution >= 4 is 29.0 Å². The van der Waals surface area contributed by atoms with Gasteiger partial charge in [-0.1, -0.05) is 17.8 Å². The Kier molecular flexibility index (Phi) is 5.61. The summed E-state index contributed by atoms with van der Waals surface area (Å²) < 4.78 is 10.4. The molecule has 0 aliphatic carbocycles. The molecule has 1 aromatic carbocycles. The molecule has 2 aromatic heterocycles. The summed E-state index contributed by atoms with van der Waals surface area (Å²) in [6.45, 7) is 0. The highest BCUT2D eigenvalue weighted by molar-refractivity contribution is 7.99. The van der Waals surface area contributed by atoms with Crippen molar-refractivity contribution in [3.63, 3.8) is 0 Å². The third kappa shape index (κ3) is 4.58. The van der Waals surface area contributed by atoms with Crippen molar-refractivity contribution in [2.45, 2.75) is 5.22 Å². The molecule has 0 aliphatic heterocycles. The number of hydrogen-bond acceptors (Lipinski definition) is 9. The van der Waals surface area contributed by atoms with Gasteiger partial charge in [-0.05, 0) is 24.3 Å². The second-order valence-corrected chi connectivity index (χ2v) is 5.99. The first kappa shape index (κ1) is 18.3. The van der Waals surface area contributed by atoms with E-state index < -0.39 is 10.8 Å². The van der Waals surface area contributed by atoms with E-state index in [4.69, 9.17) is 9.15 Å². The van der Waals surface area contributed by atoms with Crippen molar-refractivity contribution < 1.29 is 18.9 Å². The van der Waals surface area contributed by atoms with Gasteiger partial charge in [0.15, 0.2) is 0 Å². The lowest BCUT2D eigenvalue weighted by atomic mass is 10.2. The van der Waals surface area contributed by atoms with Gasteiger partial charge in [0.1, 0.15) is 17.1 Å². The van der Waals surface area contributed by atoms with Crippen LogP contribution in [-0.4, -0.2) is 38.9 Å². The van der Waals surface area contributed by atoms with E-state index in [0.717, 1.165) is 11.8 Å². The van der Waals surface area contributed by atoms with E-state index in [9.17, 15) is 14.9 Å². The van der Waals surface area contributed by atoms with Gasteiger partial charge in [-0.15, -0.1) is 10.2 Å². The fraction of sp³-hybridized carbons (Fsp3) is 0.125. The highest BCUT2D eigenvalue weighted by Gasteiger charge is 2.18. The molecule has 0 atom stereocenters. The number of hydrogen-bond donors (Lipinski definition) is 1. The second kappa shape index (κ2) is 8.27. The number of aromatic nitrogens is 3. The van der Waals surface area contributed by atoms with Crippen LogP contribution in [0, 0.1) is 10.1 Å². The Balaban J connectivity index is 1.62. The van der Waals surface area contributed by atoms with Gasteiger partial charge in [0.05, 0.1) is 23.9 Å². The summed E-state index contributed by atoms with van der Waals surface area (Å²) in [4.78, 5) is 26.7. The number of ether oxygens (including phenoxy) is 1. The Morgan fingerprint density at radius 1 is 1.33 bits per heavy atom. The van der Waals surface area contributed by atoms with E-state index in [1.54, 1.807) is 24.4 Å². The lowest BCUT2D eigenvalue weighted by Crippen LogP contribution is -2.15. The van der Waals surface area contributed by atoms with E-state index in [1.807, 2.05) is 0 Å². The van der Waals surface area contributed by atoms with Crippen LogP contribution < -0.4 is 10.1 Å². The van der Waals surface area contributed by atoms with E-state index in [2.05, 4.69) is 20.5 Å². The number of benzene rings is 1. The fourth-order valence-electron chi connectivity index (χ4n) is 2.07. The third-order valence-electron chi connectivity index (χ3n) is 3.29. The lowest BCUT2D eigenvalue weighted by Gasteiger charge is -2.06. The molecule has 1 amide bonds. The standard InChI is InChI=1S/C16H13N5O5S/c1-25-10-5-6-11(13(8-10)21(23)24)18-14(22)9-27-16-20-19-15(26-16)12-4-2-3-7-17-12/h2-8H,9H2,1H3,(H,18,22). The van der Waals surface area contributed by atoms with Gasteiger partial charge in [0, 0.05) is 6.20 Å². The van der Waals surface area contributed by atoms with E-state index in [0.29, 0.717) is 11.4 Å². The van der Waals surface area contributed by atoms with Crippen molar-refractivity contribution in [2.75, 3.05) is 18.2 Å². The van der Waals surface area contributed by atoms with Crippen LogP contribution in [0.5, 0.6) is 5.75 Å². The number of nitro groups is 1. The molecule has 0 fully saturated rings. The first-order valence-electron chi connectivity index (χ1n) is 7.57. The van der Waals surface area contributed by atoms with Gasteiger partial charge in [-0.2, -0.15) is 0 Å². The summed E-state index contributed by atoms with van der Waals surface area (Å²) in [5.41, 5.74) is 0.337. The number of nitrogens with zero attached hydrogens (tertiary/aromatic N) is 4. The summed E-state index contributed by atoms with van der Waals surface area (Å²) in [5.74, 6) is 0.0460. The van der Waals surface area contributed by atoms with Crippen LogP contribution >= 0.6 is 11.8 Å². The molecule has 3 rings (SSSR count). The largest absolute Gasteiger partial charge is 0.496 e. The molecule has 0 radical (unpaired) electrons. The molecule has 1 N–H and O–H groups in total. The van der Waals surface area contributed by atoms with Crippen LogP contribution in [0.2, 0.25) is 0 Å². The van der Waals surface area contributed by atoms with Crippen LogP contribution in [0.3, 0.4) is 0 Å². The number of pyridine rings is 1. The summed E-state index contributed by atoms with van der Waals surface area (Å²) in [6, 6.07) is 9.43. The molecule has 10 nitrogen and oxygen atoms in total. The molecule has 0 spiro atoms. The molecule has 3 aromatic rings. The lowest BCUT2D eigenvalue weighted by molar-refractivity contribution is -0.384. The molecule has 27 heavy (non-hydrogen) atoms. The van der Waals surface area contributed by atoms with Crippen LogP contribution in [0.4, 0.5) is 11.4 Å². The summed E-state index contributed by atoms with van der Waals surface area (Å²) in [7, 11) is 1.40. The zero-order valence-electron chi connectivity index (χ0n) is 14.0.